The maximum atomic E-state index is 12.3. The molecule has 8 heteroatoms. The zero-order chi connectivity index (χ0) is 17.6. The molecule has 1 aromatic heterocycles. The van der Waals surface area contributed by atoms with Gasteiger partial charge in [0.05, 0.1) is 6.54 Å². The molecule has 0 aliphatic rings. The SMILES string of the molecule is CC(C(=O)N(C)CC(=O)NC(C)(C)CCC(=O)O)n1cccn1. The number of likely N-dealkylation sites (N-methyl/N-ethyl adjacent to an activating group) is 1. The van der Waals surface area contributed by atoms with Crippen LogP contribution in [0, 0.1) is 0 Å². The summed E-state index contributed by atoms with van der Waals surface area (Å²) in [6.07, 6.45) is 3.56. The van der Waals surface area contributed by atoms with Crippen molar-refractivity contribution in [2.45, 2.75) is 45.2 Å². The minimum Gasteiger partial charge on any atom is -0.481 e. The average Bonchev–Trinajstić information content (AvgIpc) is 2.97. The number of carboxylic acid groups (broad SMARTS) is 1. The van der Waals surface area contributed by atoms with Crippen molar-refractivity contribution >= 4 is 17.8 Å². The molecule has 0 saturated heterocycles. The van der Waals surface area contributed by atoms with Crippen LogP contribution in [0.1, 0.15) is 39.7 Å². The molecule has 2 amide bonds. The Kier molecular flexibility index (Phi) is 6.29. The Labute approximate surface area is 135 Å². The van der Waals surface area contributed by atoms with E-state index in [9.17, 15) is 14.4 Å². The highest BCUT2D eigenvalue weighted by molar-refractivity contribution is 5.86. The number of carbonyl (C=O) groups excluding carboxylic acids is 2. The zero-order valence-corrected chi connectivity index (χ0v) is 13.9. The van der Waals surface area contributed by atoms with Crippen LogP contribution in [-0.4, -0.2) is 56.7 Å². The molecule has 2 N–H and O–H groups in total. The lowest BCUT2D eigenvalue weighted by Gasteiger charge is -2.28. The van der Waals surface area contributed by atoms with E-state index >= 15 is 0 Å². The predicted molar refractivity (Wildman–Crippen MR) is 83.7 cm³/mol. The predicted octanol–water partition coefficient (Wildman–Crippen LogP) is 0.662. The number of hydrogen-bond acceptors (Lipinski definition) is 4. The Morgan fingerprint density at radius 3 is 2.57 bits per heavy atom. The van der Waals surface area contributed by atoms with Crippen molar-refractivity contribution in [3.8, 4) is 0 Å². The number of hydrogen-bond donors (Lipinski definition) is 2. The second-order valence-electron chi connectivity index (χ2n) is 6.18. The van der Waals surface area contributed by atoms with Crippen molar-refractivity contribution < 1.29 is 19.5 Å². The molecular formula is C15H24N4O4. The van der Waals surface area contributed by atoms with E-state index in [2.05, 4.69) is 10.4 Å². The Bertz CT molecular complexity index is 554. The van der Waals surface area contributed by atoms with Crippen LogP contribution in [-0.2, 0) is 14.4 Å². The van der Waals surface area contributed by atoms with Crippen LogP contribution in [0.4, 0.5) is 0 Å². The lowest BCUT2D eigenvalue weighted by molar-refractivity contribution is -0.138. The molecule has 0 spiro atoms. The van der Waals surface area contributed by atoms with Crippen molar-refractivity contribution in [1.82, 2.24) is 20.0 Å². The number of carboxylic acids is 1. The topological polar surface area (TPSA) is 105 Å². The number of aliphatic carboxylic acids is 1. The van der Waals surface area contributed by atoms with Gasteiger partial charge in [-0.1, -0.05) is 0 Å². The molecule has 8 nitrogen and oxygen atoms in total. The molecule has 23 heavy (non-hydrogen) atoms. The molecule has 0 aromatic carbocycles. The Morgan fingerprint density at radius 1 is 1.39 bits per heavy atom. The lowest BCUT2D eigenvalue weighted by atomic mass is 9.98. The molecule has 1 rings (SSSR count). The second-order valence-corrected chi connectivity index (χ2v) is 6.18. The smallest absolute Gasteiger partial charge is 0.303 e. The first-order valence-electron chi connectivity index (χ1n) is 7.39. The van der Waals surface area contributed by atoms with Crippen molar-refractivity contribution in [3.05, 3.63) is 18.5 Å². The number of carbonyl (C=O) groups is 3. The number of aromatic nitrogens is 2. The van der Waals surface area contributed by atoms with Gasteiger partial charge in [-0.25, -0.2) is 0 Å². The minimum atomic E-state index is -0.910. The highest BCUT2D eigenvalue weighted by Crippen LogP contribution is 2.12. The molecule has 1 aromatic rings. The van der Waals surface area contributed by atoms with E-state index in [-0.39, 0.29) is 24.8 Å². The zero-order valence-electron chi connectivity index (χ0n) is 13.9. The van der Waals surface area contributed by atoms with Gasteiger partial charge >= 0.3 is 5.97 Å². The molecule has 0 aliphatic heterocycles. The molecule has 0 aliphatic carbocycles. The quantitative estimate of drug-likeness (QED) is 0.731. The van der Waals surface area contributed by atoms with Crippen LogP contribution in [0.2, 0.25) is 0 Å². The summed E-state index contributed by atoms with van der Waals surface area (Å²) in [5, 5.41) is 15.5. The summed E-state index contributed by atoms with van der Waals surface area (Å²) in [6, 6.07) is 1.23. The third-order valence-electron chi connectivity index (χ3n) is 3.48. The van der Waals surface area contributed by atoms with E-state index < -0.39 is 17.6 Å². The largest absolute Gasteiger partial charge is 0.481 e. The van der Waals surface area contributed by atoms with Gasteiger partial charge in [0.15, 0.2) is 0 Å². The molecule has 1 unspecified atom stereocenters. The Hall–Kier alpha value is -2.38. The van der Waals surface area contributed by atoms with E-state index in [1.165, 1.54) is 9.58 Å². The third kappa shape index (κ3) is 6.09. The number of rotatable bonds is 8. The lowest BCUT2D eigenvalue weighted by Crippen LogP contribution is -2.49. The molecule has 128 valence electrons. The van der Waals surface area contributed by atoms with Crippen molar-refractivity contribution in [2.75, 3.05) is 13.6 Å². The van der Waals surface area contributed by atoms with Gasteiger partial charge in [0.2, 0.25) is 11.8 Å². The number of amides is 2. The fourth-order valence-corrected chi connectivity index (χ4v) is 2.13. The highest BCUT2D eigenvalue weighted by atomic mass is 16.4. The van der Waals surface area contributed by atoms with E-state index in [0.717, 1.165) is 0 Å². The Balaban J connectivity index is 2.52. The summed E-state index contributed by atoms with van der Waals surface area (Å²) in [4.78, 5) is 36.3. The van der Waals surface area contributed by atoms with Gasteiger partial charge in [0.25, 0.3) is 0 Å². The van der Waals surface area contributed by atoms with Gasteiger partial charge in [-0.3, -0.25) is 19.1 Å². The second kappa shape index (κ2) is 7.75. The van der Waals surface area contributed by atoms with Crippen LogP contribution < -0.4 is 5.32 Å². The molecule has 1 heterocycles. The van der Waals surface area contributed by atoms with Gasteiger partial charge in [-0.05, 0) is 33.3 Å². The summed E-state index contributed by atoms with van der Waals surface area (Å²) in [6.45, 7) is 5.12. The molecule has 0 fully saturated rings. The van der Waals surface area contributed by atoms with Crippen molar-refractivity contribution in [1.29, 1.82) is 0 Å². The summed E-state index contributed by atoms with van der Waals surface area (Å²) < 4.78 is 1.52. The van der Waals surface area contributed by atoms with Gasteiger partial charge in [-0.15, -0.1) is 0 Å². The van der Waals surface area contributed by atoms with Gasteiger partial charge in [0, 0.05) is 31.4 Å². The van der Waals surface area contributed by atoms with E-state index in [4.69, 9.17) is 5.11 Å². The summed E-state index contributed by atoms with van der Waals surface area (Å²) in [5.74, 6) is -1.47. The summed E-state index contributed by atoms with van der Waals surface area (Å²) >= 11 is 0. The normalized spacial score (nSPS) is 12.5. The average molecular weight is 324 g/mol. The van der Waals surface area contributed by atoms with Crippen LogP contribution >= 0.6 is 0 Å². The van der Waals surface area contributed by atoms with Crippen LogP contribution in [0.3, 0.4) is 0 Å². The maximum absolute atomic E-state index is 12.3. The third-order valence-corrected chi connectivity index (χ3v) is 3.48. The fraction of sp³-hybridized carbons (Fsp3) is 0.600. The maximum Gasteiger partial charge on any atom is 0.303 e. The van der Waals surface area contributed by atoms with Gasteiger partial charge in [-0.2, -0.15) is 5.10 Å². The van der Waals surface area contributed by atoms with Crippen LogP contribution in [0.15, 0.2) is 18.5 Å². The van der Waals surface area contributed by atoms with Gasteiger partial charge in [0.1, 0.15) is 6.04 Å². The molecule has 0 saturated carbocycles. The van der Waals surface area contributed by atoms with Crippen LogP contribution in [0.25, 0.3) is 0 Å². The minimum absolute atomic E-state index is 0.0294. The molecule has 0 bridgehead atoms. The first kappa shape index (κ1) is 18.7. The summed E-state index contributed by atoms with van der Waals surface area (Å²) in [5.41, 5.74) is -0.646. The monoisotopic (exact) mass is 324 g/mol. The van der Waals surface area contributed by atoms with E-state index in [0.29, 0.717) is 6.42 Å². The number of nitrogens with one attached hydrogen (secondary N) is 1. The van der Waals surface area contributed by atoms with E-state index in [1.54, 1.807) is 46.3 Å². The van der Waals surface area contributed by atoms with E-state index in [1.807, 2.05) is 0 Å². The highest BCUT2D eigenvalue weighted by Gasteiger charge is 2.25. The standard InChI is InChI=1S/C15H24N4O4/c1-11(19-9-5-8-16-19)14(23)18(4)10-12(20)17-15(2,3)7-6-13(21)22/h5,8-9,11H,6-7,10H2,1-4H3,(H,17,20)(H,21,22). The van der Waals surface area contributed by atoms with Crippen LogP contribution in [0.5, 0.6) is 0 Å². The molecule has 1 atom stereocenters. The Morgan fingerprint density at radius 2 is 2.04 bits per heavy atom. The first-order valence-corrected chi connectivity index (χ1v) is 7.39. The molecule has 0 radical (unpaired) electrons. The fourth-order valence-electron chi connectivity index (χ4n) is 2.13. The molecular weight excluding hydrogens is 300 g/mol. The number of nitrogens with zero attached hydrogens (tertiary/aromatic N) is 3. The summed E-state index contributed by atoms with van der Waals surface area (Å²) in [7, 11) is 1.55. The van der Waals surface area contributed by atoms with Gasteiger partial charge < -0.3 is 15.3 Å². The first-order chi connectivity index (χ1) is 10.6. The van der Waals surface area contributed by atoms with Crippen molar-refractivity contribution in [2.24, 2.45) is 0 Å². The van der Waals surface area contributed by atoms with Crippen molar-refractivity contribution in [3.63, 3.8) is 0 Å².